The molecule has 0 bridgehead atoms. The van der Waals surface area contributed by atoms with Gasteiger partial charge in [-0.3, -0.25) is 10.1 Å². The van der Waals surface area contributed by atoms with E-state index in [1.165, 1.54) is 18.2 Å². The lowest BCUT2D eigenvalue weighted by molar-refractivity contribution is -0.383. The summed E-state index contributed by atoms with van der Waals surface area (Å²) in [6, 6.07) is 4.28. The van der Waals surface area contributed by atoms with Crippen LogP contribution in [-0.2, 0) is 0 Å². The molecule has 0 spiro atoms. The molecule has 0 radical (unpaired) electrons. The first kappa shape index (κ1) is 7.72. The molecule has 2 rings (SSSR count). The zero-order valence-corrected chi connectivity index (χ0v) is 6.45. The summed E-state index contributed by atoms with van der Waals surface area (Å²) in [6.45, 7) is 0. The molecule has 0 fully saturated rings. The van der Waals surface area contributed by atoms with Gasteiger partial charge in [0.05, 0.1) is 4.92 Å². The fourth-order valence-corrected chi connectivity index (χ4v) is 1.26. The average Bonchev–Trinajstić information content (AvgIpc) is 2.48. The number of halogens is 1. The monoisotopic (exact) mass is 180 g/mol. The highest BCUT2D eigenvalue weighted by Gasteiger charge is 2.14. The Morgan fingerprint density at radius 3 is 2.92 bits per heavy atom. The van der Waals surface area contributed by atoms with Gasteiger partial charge in [-0.15, -0.1) is 0 Å². The molecular weight excluding hydrogens is 175 g/mol. The molecule has 0 aliphatic carbocycles. The molecule has 4 nitrogen and oxygen atoms in total. The number of hydrogen-bond acceptors (Lipinski definition) is 2. The number of nitrogens with one attached hydrogen (secondary N) is 1. The van der Waals surface area contributed by atoms with Crippen LogP contribution in [-0.4, -0.2) is 9.91 Å². The topological polar surface area (TPSA) is 58.9 Å². The zero-order valence-electron chi connectivity index (χ0n) is 6.45. The SMILES string of the molecule is O=[N+]([O-])c1cccc2c(F)c[nH]c12. The van der Waals surface area contributed by atoms with E-state index in [2.05, 4.69) is 4.98 Å². The molecule has 0 unspecified atom stereocenters. The van der Waals surface area contributed by atoms with E-state index in [9.17, 15) is 14.5 Å². The first-order valence-corrected chi connectivity index (χ1v) is 3.60. The van der Waals surface area contributed by atoms with E-state index in [0.717, 1.165) is 6.20 Å². The van der Waals surface area contributed by atoms with Crippen molar-refractivity contribution in [3.05, 3.63) is 40.3 Å². The Morgan fingerprint density at radius 2 is 2.23 bits per heavy atom. The molecule has 0 atom stereocenters. The summed E-state index contributed by atoms with van der Waals surface area (Å²) in [6.07, 6.45) is 1.11. The van der Waals surface area contributed by atoms with Gasteiger partial charge >= 0.3 is 0 Å². The van der Waals surface area contributed by atoms with Crippen LogP contribution in [0.15, 0.2) is 24.4 Å². The third-order valence-corrected chi connectivity index (χ3v) is 1.84. The lowest BCUT2D eigenvalue weighted by Gasteiger charge is -1.92. The Kier molecular flexibility index (Phi) is 1.51. The normalized spacial score (nSPS) is 10.5. The molecule has 0 amide bonds. The number of nitro groups is 1. The first-order chi connectivity index (χ1) is 6.20. The van der Waals surface area contributed by atoms with E-state index in [1.807, 2.05) is 0 Å². The van der Waals surface area contributed by atoms with Gasteiger partial charge in [0.2, 0.25) is 0 Å². The summed E-state index contributed by atoms with van der Waals surface area (Å²) >= 11 is 0. The fraction of sp³-hybridized carbons (Fsp3) is 0. The lowest BCUT2D eigenvalue weighted by atomic mass is 10.2. The number of aromatic nitrogens is 1. The molecule has 0 saturated carbocycles. The van der Waals surface area contributed by atoms with Gasteiger partial charge in [-0.1, -0.05) is 6.07 Å². The molecular formula is C8H5FN2O2. The maximum Gasteiger partial charge on any atom is 0.293 e. The molecule has 0 aliphatic heterocycles. The molecule has 66 valence electrons. The fourth-order valence-electron chi connectivity index (χ4n) is 1.26. The van der Waals surface area contributed by atoms with E-state index in [1.54, 1.807) is 0 Å². The van der Waals surface area contributed by atoms with Crippen molar-refractivity contribution in [1.29, 1.82) is 0 Å². The van der Waals surface area contributed by atoms with Crippen LogP contribution in [0.4, 0.5) is 10.1 Å². The number of benzene rings is 1. The number of nitro benzene ring substituents is 1. The molecule has 1 aromatic carbocycles. The largest absolute Gasteiger partial charge is 0.353 e. The molecule has 1 heterocycles. The number of fused-ring (bicyclic) bond motifs is 1. The van der Waals surface area contributed by atoms with Crippen LogP contribution in [0.3, 0.4) is 0 Å². The molecule has 1 aromatic heterocycles. The van der Waals surface area contributed by atoms with Crippen LogP contribution in [0.2, 0.25) is 0 Å². The standard InChI is InChI=1S/C8H5FN2O2/c9-6-4-10-8-5(6)2-1-3-7(8)11(12)13/h1-4,10H. The maximum absolute atomic E-state index is 12.9. The third kappa shape index (κ3) is 1.05. The lowest BCUT2D eigenvalue weighted by Crippen LogP contribution is -1.88. The Balaban J connectivity index is 2.84. The van der Waals surface area contributed by atoms with E-state index < -0.39 is 10.7 Å². The minimum Gasteiger partial charge on any atom is -0.353 e. The van der Waals surface area contributed by atoms with E-state index in [4.69, 9.17) is 0 Å². The second-order valence-corrected chi connectivity index (χ2v) is 2.59. The van der Waals surface area contributed by atoms with Crippen LogP contribution in [0, 0.1) is 15.9 Å². The van der Waals surface area contributed by atoms with E-state index >= 15 is 0 Å². The second kappa shape index (κ2) is 2.55. The number of para-hydroxylation sites is 1. The van der Waals surface area contributed by atoms with Gasteiger partial charge in [0.25, 0.3) is 5.69 Å². The summed E-state index contributed by atoms with van der Waals surface area (Å²) in [5.41, 5.74) is 0.117. The van der Waals surface area contributed by atoms with Crippen molar-refractivity contribution in [3.63, 3.8) is 0 Å². The quantitative estimate of drug-likeness (QED) is 0.540. The minimum absolute atomic E-state index is 0.110. The van der Waals surface area contributed by atoms with Crippen molar-refractivity contribution in [2.24, 2.45) is 0 Å². The highest BCUT2D eigenvalue weighted by atomic mass is 19.1. The van der Waals surface area contributed by atoms with Crippen LogP contribution in [0.1, 0.15) is 0 Å². The van der Waals surface area contributed by atoms with Crippen LogP contribution in [0.5, 0.6) is 0 Å². The van der Waals surface area contributed by atoms with Crippen molar-refractivity contribution in [2.75, 3.05) is 0 Å². The van der Waals surface area contributed by atoms with Crippen molar-refractivity contribution < 1.29 is 9.31 Å². The molecule has 1 N–H and O–H groups in total. The smallest absolute Gasteiger partial charge is 0.293 e. The third-order valence-electron chi connectivity index (χ3n) is 1.84. The minimum atomic E-state index is -0.543. The van der Waals surface area contributed by atoms with Gasteiger partial charge in [0.1, 0.15) is 11.3 Å². The number of non-ortho nitro benzene ring substituents is 1. The van der Waals surface area contributed by atoms with Crippen LogP contribution < -0.4 is 0 Å². The van der Waals surface area contributed by atoms with Gasteiger partial charge < -0.3 is 4.98 Å². The van der Waals surface area contributed by atoms with Gasteiger partial charge in [-0.25, -0.2) is 4.39 Å². The summed E-state index contributed by atoms with van der Waals surface area (Å²) in [4.78, 5) is 12.5. The van der Waals surface area contributed by atoms with Crippen molar-refractivity contribution >= 4 is 16.6 Å². The van der Waals surface area contributed by atoms with Crippen LogP contribution in [0.25, 0.3) is 10.9 Å². The van der Waals surface area contributed by atoms with Gasteiger partial charge in [0.15, 0.2) is 0 Å². The summed E-state index contributed by atoms with van der Waals surface area (Å²) in [5, 5.41) is 10.7. The number of hydrogen-bond donors (Lipinski definition) is 1. The van der Waals surface area contributed by atoms with Crippen molar-refractivity contribution in [3.8, 4) is 0 Å². The maximum atomic E-state index is 12.9. The highest BCUT2D eigenvalue weighted by molar-refractivity contribution is 5.88. The van der Waals surface area contributed by atoms with E-state index in [-0.39, 0.29) is 16.6 Å². The van der Waals surface area contributed by atoms with Crippen molar-refractivity contribution in [2.45, 2.75) is 0 Å². The predicted octanol–water partition coefficient (Wildman–Crippen LogP) is 2.22. The van der Waals surface area contributed by atoms with Gasteiger partial charge in [0, 0.05) is 17.6 Å². The van der Waals surface area contributed by atoms with Gasteiger partial charge in [-0.05, 0) is 6.07 Å². The molecule has 13 heavy (non-hydrogen) atoms. The summed E-state index contributed by atoms with van der Waals surface area (Å²) in [7, 11) is 0. The molecule has 2 aromatic rings. The summed E-state index contributed by atoms with van der Waals surface area (Å²) in [5.74, 6) is -0.473. The van der Waals surface area contributed by atoms with Crippen molar-refractivity contribution in [1.82, 2.24) is 4.98 Å². The Hall–Kier alpha value is -1.91. The Labute approximate surface area is 72.1 Å². The van der Waals surface area contributed by atoms with Crippen LogP contribution >= 0.6 is 0 Å². The Bertz CT molecular complexity index is 478. The predicted molar refractivity (Wildman–Crippen MR) is 44.9 cm³/mol. The summed E-state index contributed by atoms with van der Waals surface area (Å²) < 4.78 is 12.9. The average molecular weight is 180 g/mol. The zero-order chi connectivity index (χ0) is 9.42. The molecule has 0 saturated heterocycles. The van der Waals surface area contributed by atoms with Gasteiger partial charge in [-0.2, -0.15) is 0 Å². The number of aromatic amines is 1. The Morgan fingerprint density at radius 1 is 1.46 bits per heavy atom. The number of nitrogens with zero attached hydrogens (tertiary/aromatic N) is 1. The first-order valence-electron chi connectivity index (χ1n) is 3.60. The number of rotatable bonds is 1. The second-order valence-electron chi connectivity index (χ2n) is 2.59. The molecule has 0 aliphatic rings. The highest BCUT2D eigenvalue weighted by Crippen LogP contribution is 2.25. The molecule has 5 heteroatoms. The number of H-pyrrole nitrogens is 1. The van der Waals surface area contributed by atoms with E-state index in [0.29, 0.717) is 0 Å².